The molecule has 0 bridgehead atoms. The van der Waals surface area contributed by atoms with E-state index < -0.39 is 17.7 Å². The molecule has 0 aliphatic carbocycles. The van der Waals surface area contributed by atoms with Gasteiger partial charge in [0.05, 0.1) is 6.54 Å². The minimum Gasteiger partial charge on any atom is -0.475 e. The van der Waals surface area contributed by atoms with Crippen LogP contribution >= 0.6 is 0 Å². The van der Waals surface area contributed by atoms with Crippen molar-refractivity contribution < 1.29 is 23.8 Å². The molecule has 23 heavy (non-hydrogen) atoms. The third-order valence-corrected chi connectivity index (χ3v) is 3.08. The zero-order chi connectivity index (χ0) is 17.6. The number of carboxylic acids is 1. The summed E-state index contributed by atoms with van der Waals surface area (Å²) in [5, 5.41) is 14.8. The fourth-order valence-electron chi connectivity index (χ4n) is 1.87. The number of nitrogens with one attached hydrogen (secondary N) is 2. The molecule has 0 aliphatic heterocycles. The van der Waals surface area contributed by atoms with Crippen molar-refractivity contribution in [1.29, 1.82) is 0 Å². The Morgan fingerprint density at radius 2 is 1.96 bits per heavy atom. The summed E-state index contributed by atoms with van der Waals surface area (Å²) in [4.78, 5) is 22.5. The lowest BCUT2D eigenvalue weighted by molar-refractivity contribution is 0.0518. The summed E-state index contributed by atoms with van der Waals surface area (Å²) in [6.07, 6.45) is -0.462. The van der Waals surface area contributed by atoms with Crippen molar-refractivity contribution in [3.63, 3.8) is 0 Å². The van der Waals surface area contributed by atoms with Crippen molar-refractivity contribution >= 4 is 12.1 Å². The standard InChI is InChI=1S/C16H26N2O5/c1-10(2)12(9-18-15(21)23-16(3,4)5)17-8-11-6-7-13(22-11)14(19)20/h6-7,10,12,17H,8-9H2,1-5H3,(H,18,21)(H,19,20). The monoisotopic (exact) mass is 326 g/mol. The lowest BCUT2D eigenvalue weighted by atomic mass is 10.0. The van der Waals surface area contributed by atoms with Gasteiger partial charge in [-0.3, -0.25) is 0 Å². The predicted octanol–water partition coefficient (Wildman–Crippen LogP) is 2.62. The van der Waals surface area contributed by atoms with Crippen molar-refractivity contribution in [1.82, 2.24) is 10.6 Å². The van der Waals surface area contributed by atoms with Crippen molar-refractivity contribution in [3.05, 3.63) is 23.7 Å². The average molecular weight is 326 g/mol. The summed E-state index contributed by atoms with van der Waals surface area (Å²) in [5.41, 5.74) is -0.535. The quantitative estimate of drug-likeness (QED) is 0.712. The third kappa shape index (κ3) is 7.19. The second-order valence-corrected chi connectivity index (χ2v) is 6.69. The summed E-state index contributed by atoms with van der Waals surface area (Å²) in [5.74, 6) is -0.387. The van der Waals surface area contributed by atoms with Gasteiger partial charge < -0.3 is 24.9 Å². The van der Waals surface area contributed by atoms with Gasteiger partial charge in [-0.2, -0.15) is 0 Å². The molecule has 0 aliphatic rings. The maximum atomic E-state index is 11.7. The van der Waals surface area contributed by atoms with Gasteiger partial charge >= 0.3 is 12.1 Å². The molecular weight excluding hydrogens is 300 g/mol. The van der Waals surface area contributed by atoms with Crippen LogP contribution in [0.4, 0.5) is 4.79 Å². The number of aromatic carboxylic acids is 1. The van der Waals surface area contributed by atoms with Gasteiger partial charge in [0.1, 0.15) is 11.4 Å². The number of furan rings is 1. The predicted molar refractivity (Wildman–Crippen MR) is 85.4 cm³/mol. The van der Waals surface area contributed by atoms with Gasteiger partial charge in [0.15, 0.2) is 0 Å². The fraction of sp³-hybridized carbons (Fsp3) is 0.625. The molecule has 0 aromatic carbocycles. The Labute approximate surface area is 136 Å². The van der Waals surface area contributed by atoms with Crippen LogP contribution in [0.3, 0.4) is 0 Å². The van der Waals surface area contributed by atoms with Crippen LogP contribution in [0.25, 0.3) is 0 Å². The Kier molecular flexibility index (Phi) is 6.62. The molecule has 130 valence electrons. The fourth-order valence-corrected chi connectivity index (χ4v) is 1.87. The molecule has 7 heteroatoms. The number of hydrogen-bond acceptors (Lipinski definition) is 5. The first kappa shape index (κ1) is 19.0. The number of ether oxygens (including phenoxy) is 1. The maximum Gasteiger partial charge on any atom is 0.407 e. The lowest BCUT2D eigenvalue weighted by Gasteiger charge is -2.24. The number of hydrogen-bond donors (Lipinski definition) is 3. The number of amides is 1. The minimum absolute atomic E-state index is 0.000830. The van der Waals surface area contributed by atoms with E-state index in [-0.39, 0.29) is 17.7 Å². The number of carbonyl (C=O) groups is 2. The van der Waals surface area contributed by atoms with Crippen LogP contribution in [0.1, 0.15) is 50.9 Å². The van der Waals surface area contributed by atoms with Crippen molar-refractivity contribution in [2.24, 2.45) is 5.92 Å². The Bertz CT molecular complexity index is 531. The maximum absolute atomic E-state index is 11.7. The summed E-state index contributed by atoms with van der Waals surface area (Å²) in [7, 11) is 0. The van der Waals surface area contributed by atoms with Crippen LogP contribution in [0.15, 0.2) is 16.5 Å². The Morgan fingerprint density at radius 1 is 1.30 bits per heavy atom. The molecule has 7 nitrogen and oxygen atoms in total. The van der Waals surface area contributed by atoms with E-state index in [0.717, 1.165) is 0 Å². The van der Waals surface area contributed by atoms with E-state index in [4.69, 9.17) is 14.3 Å². The first-order valence-corrected chi connectivity index (χ1v) is 7.60. The summed E-state index contributed by atoms with van der Waals surface area (Å²) >= 11 is 0. The second-order valence-electron chi connectivity index (χ2n) is 6.69. The molecule has 3 N–H and O–H groups in total. The van der Waals surface area contributed by atoms with Gasteiger partial charge in [-0.05, 0) is 38.8 Å². The molecule has 1 aromatic rings. The van der Waals surface area contributed by atoms with Crippen molar-refractivity contribution in [3.8, 4) is 0 Å². The largest absolute Gasteiger partial charge is 0.475 e. The van der Waals surface area contributed by atoms with E-state index in [1.54, 1.807) is 6.07 Å². The first-order chi connectivity index (χ1) is 10.6. The van der Waals surface area contributed by atoms with Gasteiger partial charge in [-0.1, -0.05) is 13.8 Å². The zero-order valence-electron chi connectivity index (χ0n) is 14.3. The van der Waals surface area contributed by atoms with E-state index in [0.29, 0.717) is 18.8 Å². The van der Waals surface area contributed by atoms with Gasteiger partial charge in [0.25, 0.3) is 0 Å². The Balaban J connectivity index is 2.48. The summed E-state index contributed by atoms with van der Waals surface area (Å²) < 4.78 is 10.4. The molecule has 1 unspecified atom stereocenters. The summed E-state index contributed by atoms with van der Waals surface area (Å²) in [6, 6.07) is 3.04. The molecule has 0 saturated carbocycles. The van der Waals surface area contributed by atoms with Gasteiger partial charge in [0.2, 0.25) is 5.76 Å². The van der Waals surface area contributed by atoms with Crippen molar-refractivity contribution in [2.75, 3.05) is 6.54 Å². The molecule has 1 rings (SSSR count). The van der Waals surface area contributed by atoms with Crippen molar-refractivity contribution in [2.45, 2.75) is 52.8 Å². The van der Waals surface area contributed by atoms with Crippen LogP contribution < -0.4 is 10.6 Å². The highest BCUT2D eigenvalue weighted by Gasteiger charge is 2.19. The van der Waals surface area contributed by atoms with E-state index in [1.807, 2.05) is 34.6 Å². The smallest absolute Gasteiger partial charge is 0.407 e. The van der Waals surface area contributed by atoms with Gasteiger partial charge in [0, 0.05) is 12.6 Å². The zero-order valence-corrected chi connectivity index (χ0v) is 14.3. The highest BCUT2D eigenvalue weighted by Crippen LogP contribution is 2.10. The minimum atomic E-state index is -1.09. The molecule has 1 heterocycles. The number of rotatable bonds is 7. The highest BCUT2D eigenvalue weighted by molar-refractivity contribution is 5.84. The van der Waals surface area contributed by atoms with E-state index >= 15 is 0 Å². The third-order valence-electron chi connectivity index (χ3n) is 3.08. The normalized spacial score (nSPS) is 13.0. The van der Waals surface area contributed by atoms with Crippen LogP contribution in [0.2, 0.25) is 0 Å². The van der Waals surface area contributed by atoms with Gasteiger partial charge in [-0.25, -0.2) is 9.59 Å². The first-order valence-electron chi connectivity index (χ1n) is 7.60. The molecular formula is C16H26N2O5. The second kappa shape index (κ2) is 8.01. The van der Waals surface area contributed by atoms with E-state index in [2.05, 4.69) is 10.6 Å². The average Bonchev–Trinajstić information content (AvgIpc) is 2.85. The van der Waals surface area contributed by atoms with Gasteiger partial charge in [-0.15, -0.1) is 0 Å². The Morgan fingerprint density at radius 3 is 2.43 bits per heavy atom. The molecule has 0 spiro atoms. The van der Waals surface area contributed by atoms with E-state index in [9.17, 15) is 9.59 Å². The number of alkyl carbamates (subject to hydrolysis) is 1. The summed E-state index contributed by atoms with van der Waals surface area (Å²) in [6.45, 7) is 10.3. The molecule has 0 fully saturated rings. The molecule has 0 radical (unpaired) electrons. The topological polar surface area (TPSA) is 101 Å². The van der Waals surface area contributed by atoms with Crippen LogP contribution in [-0.4, -0.2) is 35.4 Å². The number of carboxylic acid groups (broad SMARTS) is 1. The molecule has 0 saturated heterocycles. The van der Waals surface area contributed by atoms with E-state index in [1.165, 1.54) is 6.07 Å². The molecule has 1 amide bonds. The highest BCUT2D eigenvalue weighted by atomic mass is 16.6. The molecule has 1 atom stereocenters. The molecule has 1 aromatic heterocycles. The SMILES string of the molecule is CC(C)C(CNC(=O)OC(C)(C)C)NCc1ccc(C(=O)O)o1. The number of carbonyl (C=O) groups excluding carboxylic acids is 1. The van der Waals surface area contributed by atoms with Crippen LogP contribution in [-0.2, 0) is 11.3 Å². The Hall–Kier alpha value is -2.02. The van der Waals surface area contributed by atoms with Crippen LogP contribution in [0, 0.1) is 5.92 Å². The lowest BCUT2D eigenvalue weighted by Crippen LogP contribution is -2.45. The van der Waals surface area contributed by atoms with Crippen LogP contribution in [0.5, 0.6) is 0 Å².